The van der Waals surface area contributed by atoms with Crippen LogP contribution in [0.1, 0.15) is 42.6 Å². The van der Waals surface area contributed by atoms with E-state index < -0.39 is 15.9 Å². The van der Waals surface area contributed by atoms with Crippen LogP contribution in [-0.2, 0) is 10.0 Å². The van der Waals surface area contributed by atoms with Gasteiger partial charge in [0, 0.05) is 10.5 Å². The van der Waals surface area contributed by atoms with Crippen molar-refractivity contribution in [2.24, 2.45) is 0 Å². The number of carbonyl (C=O) groups excluding carboxylic acids is 1. The van der Waals surface area contributed by atoms with Crippen LogP contribution in [0.25, 0.3) is 0 Å². The van der Waals surface area contributed by atoms with Crippen LogP contribution in [0.2, 0.25) is 5.02 Å². The number of sulfonamides is 1. The zero-order valence-corrected chi connectivity index (χ0v) is 18.5. The van der Waals surface area contributed by atoms with Crippen LogP contribution in [0.5, 0.6) is 0 Å². The Hall–Kier alpha value is -1.57. The van der Waals surface area contributed by atoms with Crippen molar-refractivity contribution in [2.75, 3.05) is 4.72 Å². The van der Waals surface area contributed by atoms with Crippen molar-refractivity contribution in [3.05, 3.63) is 57.0 Å². The number of hydrogen-bond acceptors (Lipinski definition) is 3. The van der Waals surface area contributed by atoms with Gasteiger partial charge in [-0.05, 0) is 72.1 Å². The highest BCUT2D eigenvalue weighted by atomic mass is 79.9. The maximum Gasteiger partial charge on any atom is 0.261 e. The molecule has 0 saturated carbocycles. The predicted molar refractivity (Wildman–Crippen MR) is 113 cm³/mol. The van der Waals surface area contributed by atoms with Crippen molar-refractivity contribution < 1.29 is 13.2 Å². The molecule has 0 bridgehead atoms. The number of amides is 1. The van der Waals surface area contributed by atoms with Crippen molar-refractivity contribution in [2.45, 2.75) is 44.6 Å². The highest BCUT2D eigenvalue weighted by Crippen LogP contribution is 2.27. The maximum absolute atomic E-state index is 12.8. The first-order valence-corrected chi connectivity index (χ1v) is 11.2. The molecule has 146 valence electrons. The van der Waals surface area contributed by atoms with Crippen molar-refractivity contribution in [3.63, 3.8) is 0 Å². The lowest BCUT2D eigenvalue weighted by Gasteiger charge is -2.15. The van der Waals surface area contributed by atoms with Crippen molar-refractivity contribution in [1.82, 2.24) is 5.32 Å². The van der Waals surface area contributed by atoms with E-state index in [0.717, 1.165) is 18.4 Å². The van der Waals surface area contributed by atoms with Gasteiger partial charge in [0.2, 0.25) is 0 Å². The second-order valence-corrected chi connectivity index (χ2v) is 9.34. The number of rotatable bonds is 7. The zero-order valence-electron chi connectivity index (χ0n) is 15.3. The summed E-state index contributed by atoms with van der Waals surface area (Å²) in [6, 6.07) is 9.41. The number of carbonyl (C=O) groups is 1. The summed E-state index contributed by atoms with van der Waals surface area (Å²) in [4.78, 5) is 12.4. The van der Waals surface area contributed by atoms with E-state index in [4.69, 9.17) is 11.6 Å². The Bertz CT molecular complexity index is 948. The molecule has 0 aliphatic heterocycles. The first kappa shape index (κ1) is 21.7. The van der Waals surface area contributed by atoms with Gasteiger partial charge in [-0.1, -0.05) is 31.0 Å². The molecule has 0 saturated heterocycles. The quantitative estimate of drug-likeness (QED) is 0.585. The Kier molecular flexibility index (Phi) is 7.31. The fourth-order valence-corrected chi connectivity index (χ4v) is 4.35. The summed E-state index contributed by atoms with van der Waals surface area (Å²) < 4.78 is 28.7. The van der Waals surface area contributed by atoms with Crippen LogP contribution in [0.3, 0.4) is 0 Å². The Morgan fingerprint density at radius 2 is 1.93 bits per heavy atom. The van der Waals surface area contributed by atoms with Gasteiger partial charge in [-0.25, -0.2) is 8.42 Å². The van der Waals surface area contributed by atoms with Crippen LogP contribution in [-0.4, -0.2) is 20.4 Å². The van der Waals surface area contributed by atoms with Gasteiger partial charge in [0.15, 0.2) is 0 Å². The Morgan fingerprint density at radius 1 is 1.22 bits per heavy atom. The molecule has 0 aliphatic carbocycles. The van der Waals surface area contributed by atoms with E-state index in [1.807, 2.05) is 26.8 Å². The third-order valence-corrected chi connectivity index (χ3v) is 6.34. The SMILES string of the molecule is CCCC(C)NC(=O)c1cc(S(=O)(=O)Nc2cc(C)ccc2Br)ccc1Cl. The Labute approximate surface area is 173 Å². The molecule has 2 N–H and O–H groups in total. The minimum atomic E-state index is -3.88. The molecule has 2 aromatic rings. The third kappa shape index (κ3) is 5.70. The monoisotopic (exact) mass is 472 g/mol. The predicted octanol–water partition coefficient (Wildman–Crippen LogP) is 5.13. The zero-order chi connectivity index (χ0) is 20.2. The average Bonchev–Trinajstić information content (AvgIpc) is 2.58. The molecule has 2 rings (SSSR count). The van der Waals surface area contributed by atoms with Crippen molar-refractivity contribution >= 4 is 49.1 Å². The van der Waals surface area contributed by atoms with Gasteiger partial charge in [0.05, 0.1) is 21.2 Å². The first-order chi connectivity index (χ1) is 12.6. The first-order valence-electron chi connectivity index (χ1n) is 8.53. The fraction of sp³-hybridized carbons (Fsp3) is 0.316. The second kappa shape index (κ2) is 9.08. The number of benzene rings is 2. The van der Waals surface area contributed by atoms with Crippen LogP contribution in [0, 0.1) is 6.92 Å². The summed E-state index contributed by atoms with van der Waals surface area (Å²) in [5.74, 6) is -0.394. The molecule has 0 heterocycles. The molecular formula is C19H22BrClN2O3S. The van der Waals surface area contributed by atoms with Crippen LogP contribution in [0.15, 0.2) is 45.8 Å². The highest BCUT2D eigenvalue weighted by molar-refractivity contribution is 9.10. The van der Waals surface area contributed by atoms with Gasteiger partial charge < -0.3 is 5.32 Å². The van der Waals surface area contributed by atoms with E-state index >= 15 is 0 Å². The average molecular weight is 474 g/mol. The van der Waals surface area contributed by atoms with Crippen LogP contribution in [0.4, 0.5) is 5.69 Å². The van der Waals surface area contributed by atoms with Crippen molar-refractivity contribution in [1.29, 1.82) is 0 Å². The highest BCUT2D eigenvalue weighted by Gasteiger charge is 2.20. The lowest BCUT2D eigenvalue weighted by atomic mass is 10.1. The van der Waals surface area contributed by atoms with Gasteiger partial charge in [0.25, 0.3) is 15.9 Å². The van der Waals surface area contributed by atoms with Crippen LogP contribution < -0.4 is 10.0 Å². The molecule has 0 aromatic heterocycles. The number of nitrogens with one attached hydrogen (secondary N) is 2. The lowest BCUT2D eigenvalue weighted by Crippen LogP contribution is -2.32. The van der Waals surface area contributed by atoms with E-state index in [-0.39, 0.29) is 21.5 Å². The summed E-state index contributed by atoms with van der Waals surface area (Å²) in [5.41, 5.74) is 1.47. The normalized spacial score (nSPS) is 12.5. The molecule has 1 unspecified atom stereocenters. The van der Waals surface area contributed by atoms with E-state index in [1.54, 1.807) is 12.1 Å². The summed E-state index contributed by atoms with van der Waals surface area (Å²) in [5, 5.41) is 3.04. The molecule has 2 aromatic carbocycles. The summed E-state index contributed by atoms with van der Waals surface area (Å²) in [6.07, 6.45) is 1.75. The van der Waals surface area contributed by atoms with Gasteiger partial charge in [0.1, 0.15) is 0 Å². The minimum absolute atomic E-state index is 0.0276. The maximum atomic E-state index is 12.8. The molecule has 0 fully saturated rings. The van der Waals surface area contributed by atoms with Gasteiger partial charge >= 0.3 is 0 Å². The topological polar surface area (TPSA) is 75.3 Å². The smallest absolute Gasteiger partial charge is 0.261 e. The molecule has 1 amide bonds. The van der Waals surface area contributed by atoms with Gasteiger partial charge in [-0.15, -0.1) is 0 Å². The third-order valence-electron chi connectivity index (χ3n) is 3.96. The molecular weight excluding hydrogens is 452 g/mol. The number of halogens is 2. The molecule has 0 spiro atoms. The van der Waals surface area contributed by atoms with Gasteiger partial charge in [-0.2, -0.15) is 0 Å². The number of anilines is 1. The standard InChI is InChI=1S/C19H22BrClN2O3S/c1-4-5-13(3)22-19(24)15-11-14(7-9-17(15)21)27(25,26)23-18-10-12(2)6-8-16(18)20/h6-11,13,23H,4-5H2,1-3H3,(H,22,24). The van der Waals surface area contributed by atoms with Gasteiger partial charge in [-0.3, -0.25) is 9.52 Å². The van der Waals surface area contributed by atoms with E-state index in [1.165, 1.54) is 18.2 Å². The summed E-state index contributed by atoms with van der Waals surface area (Å²) in [6.45, 7) is 5.79. The van der Waals surface area contributed by atoms with E-state index in [9.17, 15) is 13.2 Å². The minimum Gasteiger partial charge on any atom is -0.350 e. The van der Waals surface area contributed by atoms with E-state index in [0.29, 0.717) is 10.2 Å². The summed E-state index contributed by atoms with van der Waals surface area (Å²) in [7, 11) is -3.88. The molecule has 0 aliphatic rings. The van der Waals surface area contributed by atoms with Crippen molar-refractivity contribution in [3.8, 4) is 0 Å². The largest absolute Gasteiger partial charge is 0.350 e. The molecule has 27 heavy (non-hydrogen) atoms. The molecule has 5 nitrogen and oxygen atoms in total. The van der Waals surface area contributed by atoms with E-state index in [2.05, 4.69) is 26.0 Å². The molecule has 0 radical (unpaired) electrons. The second-order valence-electron chi connectivity index (χ2n) is 6.39. The summed E-state index contributed by atoms with van der Waals surface area (Å²) >= 11 is 9.46. The number of aryl methyl sites for hydroxylation is 1. The Morgan fingerprint density at radius 3 is 2.59 bits per heavy atom. The Balaban J connectivity index is 2.32. The lowest BCUT2D eigenvalue weighted by molar-refractivity contribution is 0.0938. The molecule has 1 atom stereocenters. The number of hydrogen-bond donors (Lipinski definition) is 2. The van der Waals surface area contributed by atoms with Crippen LogP contribution >= 0.6 is 27.5 Å². The molecule has 8 heteroatoms. The fourth-order valence-electron chi connectivity index (χ4n) is 2.57.